The van der Waals surface area contributed by atoms with E-state index in [9.17, 15) is 19.8 Å². The number of nitrogens with one attached hydrogen (secondary N) is 1. The predicted molar refractivity (Wildman–Crippen MR) is 159 cm³/mol. The lowest BCUT2D eigenvalue weighted by Crippen LogP contribution is -2.56. The van der Waals surface area contributed by atoms with E-state index < -0.39 is 18.2 Å². The monoisotopic (exact) mass is 657 g/mol. The summed E-state index contributed by atoms with van der Waals surface area (Å²) in [4.78, 5) is 30.7. The van der Waals surface area contributed by atoms with Crippen LogP contribution in [0.2, 0.25) is 0 Å². The van der Waals surface area contributed by atoms with E-state index in [1.165, 1.54) is 0 Å². The summed E-state index contributed by atoms with van der Waals surface area (Å²) in [7, 11) is 0. The Morgan fingerprint density at radius 3 is 2.64 bits per heavy atom. The molecule has 1 aliphatic heterocycles. The number of rotatable bonds is 15. The summed E-state index contributed by atoms with van der Waals surface area (Å²) in [5, 5.41) is 23.5. The van der Waals surface area contributed by atoms with Crippen molar-refractivity contribution in [2.24, 2.45) is 0 Å². The molecule has 39 heavy (non-hydrogen) atoms. The van der Waals surface area contributed by atoms with Crippen LogP contribution in [0.15, 0.2) is 35.9 Å². The van der Waals surface area contributed by atoms with Crippen molar-refractivity contribution >= 4 is 34.4 Å². The maximum absolute atomic E-state index is 13.6. The minimum absolute atomic E-state index is 0.00568. The van der Waals surface area contributed by atoms with Crippen LogP contribution >= 0.6 is 22.6 Å². The van der Waals surface area contributed by atoms with Crippen molar-refractivity contribution in [3.8, 4) is 5.75 Å². The molecule has 1 saturated heterocycles. The second kappa shape index (κ2) is 17.2. The minimum atomic E-state index is -1.01. The summed E-state index contributed by atoms with van der Waals surface area (Å²) in [6.45, 7) is 6.20. The first kappa shape index (κ1) is 31.8. The Labute approximate surface area is 246 Å². The average Bonchev–Trinajstić information content (AvgIpc) is 2.95. The van der Waals surface area contributed by atoms with Crippen molar-refractivity contribution in [1.29, 1.82) is 0 Å². The number of carbonyl (C=O) groups is 2. The number of para-hydroxylation sites is 1. The average molecular weight is 658 g/mol. The number of ether oxygens (including phenoxy) is 2. The standard InChI is InChI=1S/C29H44IN3O6/c1-2-3-4-5-6-11-27(35)33(14-13-32-15-18-38-19-16-32)24-20-22(29(37)31-12-17-34)21-26(28(24)36)39-25-10-8-7-9-23(25)30/h7-10,21,24,26,28,34,36H,2-6,11-20H2,1H3,(H,31,37)/t24-,26+,28+/m1/s1. The highest BCUT2D eigenvalue weighted by Crippen LogP contribution is 2.30. The summed E-state index contributed by atoms with van der Waals surface area (Å²) in [5.41, 5.74) is 0.446. The largest absolute Gasteiger partial charge is 0.482 e. The highest BCUT2D eigenvalue weighted by molar-refractivity contribution is 14.1. The minimum Gasteiger partial charge on any atom is -0.482 e. The van der Waals surface area contributed by atoms with Crippen LogP contribution in [0.1, 0.15) is 51.9 Å². The van der Waals surface area contributed by atoms with Gasteiger partial charge in [0, 0.05) is 51.1 Å². The van der Waals surface area contributed by atoms with Gasteiger partial charge in [-0.25, -0.2) is 0 Å². The van der Waals surface area contributed by atoms with Crippen molar-refractivity contribution in [1.82, 2.24) is 15.1 Å². The van der Waals surface area contributed by atoms with E-state index >= 15 is 0 Å². The van der Waals surface area contributed by atoms with Gasteiger partial charge in [-0.15, -0.1) is 0 Å². The molecular formula is C29H44IN3O6. The third-order valence-electron chi connectivity index (χ3n) is 7.29. The molecule has 1 fully saturated rings. The smallest absolute Gasteiger partial charge is 0.247 e. The Balaban J connectivity index is 1.83. The van der Waals surface area contributed by atoms with E-state index in [-0.39, 0.29) is 31.4 Å². The first-order valence-corrected chi connectivity index (χ1v) is 15.3. The fourth-order valence-corrected chi connectivity index (χ4v) is 5.55. The van der Waals surface area contributed by atoms with Crippen molar-refractivity contribution in [3.05, 3.63) is 39.5 Å². The van der Waals surface area contributed by atoms with E-state index in [1.807, 2.05) is 24.3 Å². The van der Waals surface area contributed by atoms with Gasteiger partial charge in [0.15, 0.2) is 0 Å². The molecule has 0 radical (unpaired) electrons. The van der Waals surface area contributed by atoms with Crippen LogP contribution in [0, 0.1) is 3.57 Å². The number of hydrogen-bond donors (Lipinski definition) is 3. The molecule has 2 amide bonds. The Bertz CT molecular complexity index is 939. The first-order chi connectivity index (χ1) is 18.9. The van der Waals surface area contributed by atoms with Gasteiger partial charge in [0.25, 0.3) is 0 Å². The van der Waals surface area contributed by atoms with E-state index in [1.54, 1.807) is 11.0 Å². The molecule has 1 aliphatic carbocycles. The number of hydrogen-bond acceptors (Lipinski definition) is 7. The highest BCUT2D eigenvalue weighted by atomic mass is 127. The van der Waals surface area contributed by atoms with Gasteiger partial charge in [-0.1, -0.05) is 44.7 Å². The molecule has 0 spiro atoms. The summed E-state index contributed by atoms with van der Waals surface area (Å²) in [6, 6.07) is 6.90. The normalized spacial score (nSPS) is 21.7. The van der Waals surface area contributed by atoms with Gasteiger partial charge in [0.1, 0.15) is 18.0 Å². The second-order valence-electron chi connectivity index (χ2n) is 10.2. The summed E-state index contributed by atoms with van der Waals surface area (Å²) in [5.74, 6) is 0.280. The van der Waals surface area contributed by atoms with Crippen molar-refractivity contribution in [2.75, 3.05) is 52.5 Å². The van der Waals surface area contributed by atoms with Crippen LogP contribution in [0.3, 0.4) is 0 Å². The lowest BCUT2D eigenvalue weighted by atomic mass is 9.88. The molecule has 2 aliphatic rings. The number of amides is 2. The molecular weight excluding hydrogens is 613 g/mol. The Morgan fingerprint density at radius 1 is 1.18 bits per heavy atom. The maximum atomic E-state index is 13.6. The molecule has 9 nitrogen and oxygen atoms in total. The zero-order valence-electron chi connectivity index (χ0n) is 23.0. The molecule has 3 atom stereocenters. The molecule has 1 aromatic carbocycles. The third-order valence-corrected chi connectivity index (χ3v) is 8.18. The van der Waals surface area contributed by atoms with Gasteiger partial charge in [0.05, 0.1) is 29.4 Å². The van der Waals surface area contributed by atoms with Gasteiger partial charge in [-0.05, 0) is 47.2 Å². The molecule has 1 heterocycles. The fraction of sp³-hybridized carbons (Fsp3) is 0.655. The SMILES string of the molecule is CCCCCCCC(=O)N(CCN1CCOCC1)[C@@H]1CC(C(=O)NCCO)=C[C@H](Oc2ccccc2I)[C@H]1O. The lowest BCUT2D eigenvalue weighted by Gasteiger charge is -2.41. The maximum Gasteiger partial charge on any atom is 0.247 e. The van der Waals surface area contributed by atoms with Crippen LogP contribution in [-0.4, -0.2) is 103 Å². The molecule has 1 aromatic rings. The molecule has 0 aromatic heterocycles. The molecule has 0 saturated carbocycles. The molecule has 218 valence electrons. The van der Waals surface area contributed by atoms with Gasteiger partial charge in [-0.3, -0.25) is 14.5 Å². The third kappa shape index (κ3) is 10.00. The van der Waals surface area contributed by atoms with Gasteiger partial charge < -0.3 is 29.9 Å². The zero-order valence-corrected chi connectivity index (χ0v) is 25.2. The van der Waals surface area contributed by atoms with Crippen LogP contribution in [0.5, 0.6) is 5.75 Å². The Morgan fingerprint density at radius 2 is 1.92 bits per heavy atom. The number of aliphatic hydroxyl groups is 2. The first-order valence-electron chi connectivity index (χ1n) is 14.2. The van der Waals surface area contributed by atoms with Crippen molar-refractivity contribution < 1.29 is 29.3 Å². The molecule has 0 unspecified atom stereocenters. The predicted octanol–water partition coefficient (Wildman–Crippen LogP) is 2.73. The van der Waals surface area contributed by atoms with Crippen molar-refractivity contribution in [2.45, 2.75) is 70.1 Å². The van der Waals surface area contributed by atoms with Crippen LogP contribution in [0.25, 0.3) is 0 Å². The van der Waals surface area contributed by atoms with Crippen LogP contribution in [-0.2, 0) is 14.3 Å². The van der Waals surface area contributed by atoms with E-state index in [0.717, 1.165) is 48.8 Å². The Kier molecular flexibility index (Phi) is 14.0. The van der Waals surface area contributed by atoms with Crippen molar-refractivity contribution in [3.63, 3.8) is 0 Å². The summed E-state index contributed by atoms with van der Waals surface area (Å²) in [6.07, 6.45) is 5.67. The number of morpholine rings is 1. The molecule has 0 bridgehead atoms. The quantitative estimate of drug-likeness (QED) is 0.197. The van der Waals surface area contributed by atoms with E-state index in [2.05, 4.69) is 39.7 Å². The lowest BCUT2D eigenvalue weighted by molar-refractivity contribution is -0.139. The number of benzene rings is 1. The molecule has 10 heteroatoms. The summed E-state index contributed by atoms with van der Waals surface area (Å²) >= 11 is 2.18. The number of aliphatic hydroxyl groups excluding tert-OH is 2. The number of carbonyl (C=O) groups excluding carboxylic acids is 2. The van der Waals surface area contributed by atoms with Gasteiger partial charge >= 0.3 is 0 Å². The summed E-state index contributed by atoms with van der Waals surface area (Å²) < 4.78 is 12.6. The molecule has 3 rings (SSSR count). The highest BCUT2D eigenvalue weighted by Gasteiger charge is 2.40. The fourth-order valence-electron chi connectivity index (χ4n) is 5.04. The molecule has 3 N–H and O–H groups in total. The van der Waals surface area contributed by atoms with Gasteiger partial charge in [-0.2, -0.15) is 0 Å². The topological polar surface area (TPSA) is 112 Å². The van der Waals surface area contributed by atoms with Crippen LogP contribution < -0.4 is 10.1 Å². The van der Waals surface area contributed by atoms with E-state index in [0.29, 0.717) is 44.0 Å². The number of halogens is 1. The Hall–Kier alpha value is -1.73. The van der Waals surface area contributed by atoms with Gasteiger partial charge in [0.2, 0.25) is 11.8 Å². The zero-order chi connectivity index (χ0) is 28.0. The second-order valence-corrected chi connectivity index (χ2v) is 11.3. The number of nitrogens with zero attached hydrogens (tertiary/aromatic N) is 2. The number of unbranched alkanes of at least 4 members (excludes halogenated alkanes) is 4. The van der Waals surface area contributed by atoms with Crippen LogP contribution in [0.4, 0.5) is 0 Å². The van der Waals surface area contributed by atoms with E-state index in [4.69, 9.17) is 9.47 Å².